The highest BCUT2D eigenvalue weighted by atomic mass is 79.9. The molecule has 3 aromatic rings. The molecule has 0 aliphatic rings. The zero-order valence-corrected chi connectivity index (χ0v) is 12.1. The Morgan fingerprint density at radius 1 is 1.22 bits per heavy atom. The van der Waals surface area contributed by atoms with Crippen LogP contribution in [0.4, 0.5) is 0 Å². The molecule has 0 fully saturated rings. The number of nitrogens with one attached hydrogen (secondary N) is 1. The van der Waals surface area contributed by atoms with Crippen LogP contribution < -0.4 is 5.32 Å². The highest BCUT2D eigenvalue weighted by Gasteiger charge is 2.04. The Hall–Kier alpha value is -1.10. The van der Waals surface area contributed by atoms with E-state index in [1.165, 1.54) is 15.8 Å². The van der Waals surface area contributed by atoms with Crippen molar-refractivity contribution in [1.29, 1.82) is 0 Å². The second-order valence-electron chi connectivity index (χ2n) is 4.09. The fraction of sp³-hybridized carbons (Fsp3) is 0.143. The molecule has 0 saturated heterocycles. The summed E-state index contributed by atoms with van der Waals surface area (Å²) in [5, 5.41) is 6.73. The normalized spacial score (nSPS) is 11.2. The van der Waals surface area contributed by atoms with Crippen molar-refractivity contribution >= 4 is 38.2 Å². The third kappa shape index (κ3) is 2.51. The Bertz CT molecular complexity index is 658. The van der Waals surface area contributed by atoms with Crippen LogP contribution in [0.25, 0.3) is 11.0 Å². The zero-order chi connectivity index (χ0) is 12.4. The summed E-state index contributed by atoms with van der Waals surface area (Å²) in [6.45, 7) is 1.71. The molecule has 0 amide bonds. The van der Waals surface area contributed by atoms with Gasteiger partial charge in [0.1, 0.15) is 5.58 Å². The van der Waals surface area contributed by atoms with Crippen LogP contribution in [0.3, 0.4) is 0 Å². The summed E-state index contributed by atoms with van der Waals surface area (Å²) in [7, 11) is 0. The number of furan rings is 1. The van der Waals surface area contributed by atoms with E-state index in [0.29, 0.717) is 0 Å². The first-order valence-corrected chi connectivity index (χ1v) is 7.39. The van der Waals surface area contributed by atoms with Gasteiger partial charge in [0.05, 0.1) is 6.26 Å². The van der Waals surface area contributed by atoms with E-state index in [2.05, 4.69) is 38.8 Å². The Morgan fingerprint density at radius 2 is 2.11 bits per heavy atom. The first-order valence-electron chi connectivity index (χ1n) is 5.71. The van der Waals surface area contributed by atoms with E-state index in [1.807, 2.05) is 24.5 Å². The molecule has 0 saturated carbocycles. The van der Waals surface area contributed by atoms with Crippen LogP contribution in [0, 0.1) is 0 Å². The predicted molar refractivity (Wildman–Crippen MR) is 78.8 cm³/mol. The molecule has 2 nitrogen and oxygen atoms in total. The highest BCUT2D eigenvalue weighted by molar-refractivity contribution is 9.10. The molecule has 0 aliphatic heterocycles. The van der Waals surface area contributed by atoms with Crippen LogP contribution in [0.15, 0.2) is 50.9 Å². The molecule has 3 rings (SSSR count). The summed E-state index contributed by atoms with van der Waals surface area (Å²) >= 11 is 5.22. The second-order valence-corrected chi connectivity index (χ2v) is 6.00. The molecule has 0 radical (unpaired) electrons. The minimum Gasteiger partial charge on any atom is -0.464 e. The molecular weight excluding hydrogens is 310 g/mol. The molecule has 1 N–H and O–H groups in total. The van der Waals surface area contributed by atoms with E-state index in [-0.39, 0.29) is 0 Å². The van der Waals surface area contributed by atoms with Gasteiger partial charge in [-0.05, 0) is 28.1 Å². The van der Waals surface area contributed by atoms with Crippen molar-refractivity contribution in [3.63, 3.8) is 0 Å². The van der Waals surface area contributed by atoms with Crippen molar-refractivity contribution in [2.45, 2.75) is 13.1 Å². The van der Waals surface area contributed by atoms with Gasteiger partial charge < -0.3 is 9.73 Å². The third-order valence-corrected chi connectivity index (χ3v) is 4.50. The van der Waals surface area contributed by atoms with E-state index < -0.39 is 0 Å². The van der Waals surface area contributed by atoms with Crippen LogP contribution in [0.1, 0.15) is 10.4 Å². The van der Waals surface area contributed by atoms with Gasteiger partial charge in [-0.1, -0.05) is 18.2 Å². The summed E-state index contributed by atoms with van der Waals surface area (Å²) in [6, 6.07) is 10.3. The monoisotopic (exact) mass is 321 g/mol. The zero-order valence-electron chi connectivity index (χ0n) is 9.65. The van der Waals surface area contributed by atoms with Crippen LogP contribution in [-0.4, -0.2) is 0 Å². The van der Waals surface area contributed by atoms with Crippen molar-refractivity contribution in [3.8, 4) is 0 Å². The molecule has 18 heavy (non-hydrogen) atoms. The van der Waals surface area contributed by atoms with E-state index in [4.69, 9.17) is 4.42 Å². The average Bonchev–Trinajstić information content (AvgIpc) is 2.97. The lowest BCUT2D eigenvalue weighted by Crippen LogP contribution is -2.11. The predicted octanol–water partition coefficient (Wildman–Crippen LogP) is 4.55. The van der Waals surface area contributed by atoms with Crippen LogP contribution >= 0.6 is 27.3 Å². The minimum atomic E-state index is 0.826. The van der Waals surface area contributed by atoms with Crippen molar-refractivity contribution in [3.05, 3.63) is 56.9 Å². The maximum absolute atomic E-state index is 5.51. The number of halogens is 1. The van der Waals surface area contributed by atoms with Gasteiger partial charge in [-0.15, -0.1) is 11.3 Å². The maximum Gasteiger partial charge on any atom is 0.134 e. The van der Waals surface area contributed by atoms with Gasteiger partial charge in [0.25, 0.3) is 0 Å². The van der Waals surface area contributed by atoms with E-state index in [0.717, 1.165) is 23.1 Å². The van der Waals surface area contributed by atoms with Crippen molar-refractivity contribution < 1.29 is 4.42 Å². The molecular formula is C14H12BrNOS. The van der Waals surface area contributed by atoms with Crippen molar-refractivity contribution in [2.75, 3.05) is 0 Å². The Labute approximate surface area is 118 Å². The summed E-state index contributed by atoms with van der Waals surface area (Å²) in [5.74, 6) is 0. The quantitative estimate of drug-likeness (QED) is 0.762. The van der Waals surface area contributed by atoms with Crippen LogP contribution in [0.5, 0.6) is 0 Å². The highest BCUT2D eigenvalue weighted by Crippen LogP contribution is 2.22. The number of fused-ring (bicyclic) bond motifs is 1. The minimum absolute atomic E-state index is 0.826. The summed E-state index contributed by atoms with van der Waals surface area (Å²) in [5.41, 5.74) is 2.16. The molecule has 0 atom stereocenters. The largest absolute Gasteiger partial charge is 0.464 e. The number of benzene rings is 1. The number of para-hydroxylation sites is 1. The maximum atomic E-state index is 5.51. The first-order chi connectivity index (χ1) is 8.83. The van der Waals surface area contributed by atoms with Gasteiger partial charge >= 0.3 is 0 Å². The van der Waals surface area contributed by atoms with E-state index in [1.54, 1.807) is 11.3 Å². The van der Waals surface area contributed by atoms with Crippen LogP contribution in [-0.2, 0) is 13.1 Å². The molecule has 0 unspecified atom stereocenters. The number of rotatable bonds is 4. The van der Waals surface area contributed by atoms with Gasteiger partial charge in [0.15, 0.2) is 0 Å². The Balaban J connectivity index is 1.66. The molecule has 2 aromatic heterocycles. The summed E-state index contributed by atoms with van der Waals surface area (Å²) in [4.78, 5) is 1.33. The number of thiophene rings is 1. The van der Waals surface area contributed by atoms with Gasteiger partial charge in [0, 0.05) is 38.8 Å². The average molecular weight is 322 g/mol. The summed E-state index contributed by atoms with van der Waals surface area (Å²) < 4.78 is 6.66. The van der Waals surface area contributed by atoms with Crippen molar-refractivity contribution in [1.82, 2.24) is 5.32 Å². The molecule has 0 spiro atoms. The van der Waals surface area contributed by atoms with Gasteiger partial charge in [-0.25, -0.2) is 0 Å². The third-order valence-electron chi connectivity index (χ3n) is 2.80. The number of hydrogen-bond donors (Lipinski definition) is 1. The lowest BCUT2D eigenvalue weighted by molar-refractivity contribution is 0.602. The summed E-state index contributed by atoms with van der Waals surface area (Å²) in [6.07, 6.45) is 1.84. The standard InChI is InChI=1S/C14H12BrNOS/c15-11-5-12(18-9-11)7-16-6-10-8-17-14-4-2-1-3-13(10)14/h1-5,8-9,16H,6-7H2. The van der Waals surface area contributed by atoms with Crippen LogP contribution in [0.2, 0.25) is 0 Å². The lowest BCUT2D eigenvalue weighted by Gasteiger charge is -2.01. The first kappa shape index (κ1) is 12.0. The molecule has 4 heteroatoms. The fourth-order valence-electron chi connectivity index (χ4n) is 1.94. The smallest absolute Gasteiger partial charge is 0.134 e. The molecule has 0 aliphatic carbocycles. The topological polar surface area (TPSA) is 25.2 Å². The SMILES string of the molecule is Brc1csc(CNCc2coc3ccccc23)c1. The molecule has 2 heterocycles. The van der Waals surface area contributed by atoms with Crippen molar-refractivity contribution in [2.24, 2.45) is 0 Å². The Morgan fingerprint density at radius 3 is 2.94 bits per heavy atom. The Kier molecular flexibility index (Phi) is 3.50. The van der Waals surface area contributed by atoms with Gasteiger partial charge in [0.2, 0.25) is 0 Å². The molecule has 92 valence electrons. The molecule has 1 aromatic carbocycles. The van der Waals surface area contributed by atoms with E-state index in [9.17, 15) is 0 Å². The molecule has 0 bridgehead atoms. The van der Waals surface area contributed by atoms with E-state index >= 15 is 0 Å². The second kappa shape index (κ2) is 5.26. The number of hydrogen-bond acceptors (Lipinski definition) is 3. The fourth-order valence-corrected chi connectivity index (χ4v) is 3.36. The van der Waals surface area contributed by atoms with Gasteiger partial charge in [-0.2, -0.15) is 0 Å². The lowest BCUT2D eigenvalue weighted by atomic mass is 10.2. The van der Waals surface area contributed by atoms with Gasteiger partial charge in [-0.3, -0.25) is 0 Å².